The minimum atomic E-state index is 0.418. The molecule has 0 bridgehead atoms. The molecule has 2 rings (SSSR count). The van der Waals surface area contributed by atoms with Crippen LogP contribution in [-0.2, 0) is 0 Å². The lowest BCUT2D eigenvalue weighted by Gasteiger charge is -2.34. The van der Waals surface area contributed by atoms with Crippen LogP contribution in [0.15, 0.2) is 24.3 Å². The van der Waals surface area contributed by atoms with Crippen LogP contribution in [0, 0.1) is 6.92 Å². The zero-order valence-electron chi connectivity index (χ0n) is 10.2. The molecule has 1 aromatic rings. The fraction of sp³-hybridized carbons (Fsp3) is 0.571. The minimum absolute atomic E-state index is 0.418. The summed E-state index contributed by atoms with van der Waals surface area (Å²) in [5.74, 6) is 0. The highest BCUT2D eigenvalue weighted by molar-refractivity contribution is 5.29. The number of aryl methyl sites for hydroxylation is 1. The maximum atomic E-state index is 5.96. The van der Waals surface area contributed by atoms with Gasteiger partial charge in [0.1, 0.15) is 0 Å². The molecule has 1 aromatic carbocycles. The molecular weight excluding hydrogens is 196 g/mol. The third kappa shape index (κ3) is 2.45. The molecule has 1 saturated heterocycles. The monoisotopic (exact) mass is 218 g/mol. The van der Waals surface area contributed by atoms with Gasteiger partial charge in [-0.3, -0.25) is 4.90 Å². The predicted molar refractivity (Wildman–Crippen MR) is 68.4 cm³/mol. The molecule has 0 aromatic heterocycles. The lowest BCUT2D eigenvalue weighted by atomic mass is 9.98. The standard InChI is InChI=1S/C14H22N2/c1-12-7-3-4-8-13(12)14(11-15)16-9-5-2-6-10-16/h3-4,7-8,14H,2,5-6,9-11,15H2,1H3/t14-/m1/s1. The van der Waals surface area contributed by atoms with Gasteiger partial charge in [-0.05, 0) is 44.0 Å². The Labute approximate surface area is 98.4 Å². The van der Waals surface area contributed by atoms with E-state index >= 15 is 0 Å². The van der Waals surface area contributed by atoms with Gasteiger partial charge < -0.3 is 5.73 Å². The van der Waals surface area contributed by atoms with E-state index in [1.807, 2.05) is 0 Å². The van der Waals surface area contributed by atoms with Crippen LogP contribution in [0.1, 0.15) is 36.4 Å². The summed E-state index contributed by atoms with van der Waals surface area (Å²) in [5, 5.41) is 0. The number of hydrogen-bond donors (Lipinski definition) is 1. The van der Waals surface area contributed by atoms with Crippen molar-refractivity contribution in [3.63, 3.8) is 0 Å². The Morgan fingerprint density at radius 1 is 1.19 bits per heavy atom. The van der Waals surface area contributed by atoms with E-state index in [4.69, 9.17) is 5.73 Å². The highest BCUT2D eigenvalue weighted by Crippen LogP contribution is 2.25. The van der Waals surface area contributed by atoms with Crippen molar-refractivity contribution in [3.05, 3.63) is 35.4 Å². The van der Waals surface area contributed by atoms with Crippen LogP contribution in [0.5, 0.6) is 0 Å². The van der Waals surface area contributed by atoms with Crippen molar-refractivity contribution in [2.45, 2.75) is 32.2 Å². The quantitative estimate of drug-likeness (QED) is 0.844. The van der Waals surface area contributed by atoms with E-state index in [1.165, 1.54) is 43.5 Å². The van der Waals surface area contributed by atoms with E-state index in [0.717, 1.165) is 6.54 Å². The Hall–Kier alpha value is -0.860. The number of nitrogens with zero attached hydrogens (tertiary/aromatic N) is 1. The van der Waals surface area contributed by atoms with E-state index < -0.39 is 0 Å². The zero-order chi connectivity index (χ0) is 11.4. The third-order valence-corrected chi connectivity index (χ3v) is 3.60. The number of hydrogen-bond acceptors (Lipinski definition) is 2. The molecule has 0 radical (unpaired) electrons. The van der Waals surface area contributed by atoms with Crippen molar-refractivity contribution < 1.29 is 0 Å². The second-order valence-electron chi connectivity index (χ2n) is 4.70. The maximum absolute atomic E-state index is 5.96. The minimum Gasteiger partial charge on any atom is -0.329 e. The second kappa shape index (κ2) is 5.46. The van der Waals surface area contributed by atoms with Gasteiger partial charge in [0, 0.05) is 12.6 Å². The summed E-state index contributed by atoms with van der Waals surface area (Å²) >= 11 is 0. The van der Waals surface area contributed by atoms with Gasteiger partial charge >= 0.3 is 0 Å². The summed E-state index contributed by atoms with van der Waals surface area (Å²) in [6.45, 7) is 5.32. The molecule has 1 heterocycles. The number of benzene rings is 1. The first kappa shape index (κ1) is 11.6. The summed E-state index contributed by atoms with van der Waals surface area (Å²) in [7, 11) is 0. The molecule has 1 aliphatic rings. The molecule has 0 aliphatic carbocycles. The lowest BCUT2D eigenvalue weighted by Crippen LogP contribution is -2.37. The first-order chi connectivity index (χ1) is 7.83. The Kier molecular flexibility index (Phi) is 3.97. The van der Waals surface area contributed by atoms with Gasteiger partial charge in [-0.2, -0.15) is 0 Å². The van der Waals surface area contributed by atoms with Crippen molar-refractivity contribution in [3.8, 4) is 0 Å². The van der Waals surface area contributed by atoms with Crippen molar-refractivity contribution in [2.75, 3.05) is 19.6 Å². The van der Waals surface area contributed by atoms with Crippen molar-refractivity contribution in [1.29, 1.82) is 0 Å². The molecule has 2 nitrogen and oxygen atoms in total. The first-order valence-corrected chi connectivity index (χ1v) is 6.32. The topological polar surface area (TPSA) is 29.3 Å². The molecule has 1 fully saturated rings. The zero-order valence-corrected chi connectivity index (χ0v) is 10.2. The Bertz CT molecular complexity index is 329. The Morgan fingerprint density at radius 2 is 1.88 bits per heavy atom. The van der Waals surface area contributed by atoms with Crippen LogP contribution < -0.4 is 5.73 Å². The van der Waals surface area contributed by atoms with Crippen molar-refractivity contribution >= 4 is 0 Å². The summed E-state index contributed by atoms with van der Waals surface area (Å²) in [5.41, 5.74) is 8.74. The number of likely N-dealkylation sites (tertiary alicyclic amines) is 1. The van der Waals surface area contributed by atoms with Gasteiger partial charge in [-0.1, -0.05) is 30.7 Å². The Morgan fingerprint density at radius 3 is 2.50 bits per heavy atom. The fourth-order valence-electron chi connectivity index (χ4n) is 2.66. The molecule has 0 amide bonds. The van der Waals surface area contributed by atoms with Gasteiger partial charge in [-0.25, -0.2) is 0 Å². The van der Waals surface area contributed by atoms with E-state index in [-0.39, 0.29) is 0 Å². The van der Waals surface area contributed by atoms with Crippen molar-refractivity contribution in [1.82, 2.24) is 4.90 Å². The fourth-order valence-corrected chi connectivity index (χ4v) is 2.66. The summed E-state index contributed by atoms with van der Waals surface area (Å²) in [6.07, 6.45) is 4.02. The molecule has 2 N–H and O–H groups in total. The van der Waals surface area contributed by atoms with Gasteiger partial charge in [0.15, 0.2) is 0 Å². The molecule has 2 heteroatoms. The third-order valence-electron chi connectivity index (χ3n) is 3.60. The van der Waals surface area contributed by atoms with Crippen LogP contribution in [0.2, 0.25) is 0 Å². The molecule has 1 aliphatic heterocycles. The summed E-state index contributed by atoms with van der Waals surface area (Å²) < 4.78 is 0. The normalized spacial score (nSPS) is 19.6. The van der Waals surface area contributed by atoms with Crippen LogP contribution in [-0.4, -0.2) is 24.5 Å². The molecular formula is C14H22N2. The predicted octanol–water partition coefficient (Wildman–Crippen LogP) is 2.48. The van der Waals surface area contributed by atoms with Crippen molar-refractivity contribution in [2.24, 2.45) is 5.73 Å². The van der Waals surface area contributed by atoms with Gasteiger partial charge in [-0.15, -0.1) is 0 Å². The summed E-state index contributed by atoms with van der Waals surface area (Å²) in [4.78, 5) is 2.55. The van der Waals surface area contributed by atoms with Gasteiger partial charge in [0.05, 0.1) is 0 Å². The van der Waals surface area contributed by atoms with E-state index in [0.29, 0.717) is 6.04 Å². The van der Waals surface area contributed by atoms with E-state index in [1.54, 1.807) is 0 Å². The highest BCUT2D eigenvalue weighted by Gasteiger charge is 2.21. The summed E-state index contributed by atoms with van der Waals surface area (Å²) in [6, 6.07) is 9.04. The lowest BCUT2D eigenvalue weighted by molar-refractivity contribution is 0.167. The first-order valence-electron chi connectivity index (χ1n) is 6.32. The molecule has 0 spiro atoms. The molecule has 0 saturated carbocycles. The average Bonchev–Trinajstić information content (AvgIpc) is 2.34. The second-order valence-corrected chi connectivity index (χ2v) is 4.70. The number of piperidine rings is 1. The van der Waals surface area contributed by atoms with Crippen LogP contribution >= 0.6 is 0 Å². The van der Waals surface area contributed by atoms with E-state index in [9.17, 15) is 0 Å². The molecule has 1 atom stereocenters. The molecule has 0 unspecified atom stereocenters. The smallest absolute Gasteiger partial charge is 0.0473 e. The highest BCUT2D eigenvalue weighted by atomic mass is 15.2. The van der Waals surface area contributed by atoms with Crippen LogP contribution in [0.4, 0.5) is 0 Å². The molecule has 16 heavy (non-hydrogen) atoms. The van der Waals surface area contributed by atoms with Crippen LogP contribution in [0.3, 0.4) is 0 Å². The maximum Gasteiger partial charge on any atom is 0.0473 e. The van der Waals surface area contributed by atoms with Crippen LogP contribution in [0.25, 0.3) is 0 Å². The average molecular weight is 218 g/mol. The van der Waals surface area contributed by atoms with E-state index in [2.05, 4.69) is 36.1 Å². The SMILES string of the molecule is Cc1ccccc1[C@@H](CN)N1CCCCC1. The Balaban J connectivity index is 2.18. The number of rotatable bonds is 3. The largest absolute Gasteiger partial charge is 0.329 e. The van der Waals surface area contributed by atoms with Gasteiger partial charge in [0.2, 0.25) is 0 Å². The molecule has 88 valence electrons. The van der Waals surface area contributed by atoms with Gasteiger partial charge in [0.25, 0.3) is 0 Å². The number of nitrogens with two attached hydrogens (primary N) is 1.